The van der Waals surface area contributed by atoms with E-state index >= 15 is 0 Å². The van der Waals surface area contributed by atoms with Crippen LogP contribution in [0, 0.1) is 12.1 Å². The largest absolute Gasteiger partial charge is 2.00 e. The van der Waals surface area contributed by atoms with Crippen LogP contribution >= 0.6 is 0 Å². The van der Waals surface area contributed by atoms with E-state index < -0.39 is 0 Å². The van der Waals surface area contributed by atoms with E-state index in [4.69, 9.17) is 9.97 Å². The Balaban J connectivity index is 0.00000281. The second-order valence-electron chi connectivity index (χ2n) is 11.6. The molecule has 0 atom stereocenters. The Kier molecular flexibility index (Phi) is 5.85. The molecule has 0 saturated carbocycles. The fourth-order valence-electron chi connectivity index (χ4n) is 7.19. The molecule has 0 N–H and O–H groups in total. The first-order valence-electron chi connectivity index (χ1n) is 15.1. The molecular formula is C40H24N4Pt. The number of benzene rings is 6. The molecule has 0 spiro atoms. The number of rotatable bonds is 3. The van der Waals surface area contributed by atoms with Crippen molar-refractivity contribution in [1.82, 2.24) is 18.8 Å². The van der Waals surface area contributed by atoms with Gasteiger partial charge in [0.25, 0.3) is 0 Å². The van der Waals surface area contributed by atoms with Crippen molar-refractivity contribution >= 4 is 76.2 Å². The molecule has 0 fully saturated rings. The van der Waals surface area contributed by atoms with E-state index in [1.54, 1.807) is 0 Å². The fraction of sp³-hybridized carbons (Fsp3) is 0.0500. The Labute approximate surface area is 272 Å². The standard InChI is InChI=1S/C40H24N4.Pt/c1-3-11-29-25(9-1)17-21-33-37(29)31-13-5-7-15-35(31)43-23-27(41-39(33)43)19-20-28-24-44-36-16-8-6-14-32(36)38-30-12-4-2-10-26(30)18-22-34(38)40(44)42-28;/h1-18,23-24H,19-20H2;/q-2;+2. The third-order valence-corrected chi connectivity index (χ3v) is 9.17. The van der Waals surface area contributed by atoms with Gasteiger partial charge in [0.05, 0.1) is 11.3 Å². The van der Waals surface area contributed by atoms with Gasteiger partial charge in [-0.25, -0.2) is 0 Å². The molecule has 10 rings (SSSR count). The number of hydrogen-bond donors (Lipinski definition) is 0. The summed E-state index contributed by atoms with van der Waals surface area (Å²) in [6.07, 6.45) is 5.97. The summed E-state index contributed by atoms with van der Waals surface area (Å²) in [7, 11) is 0. The molecule has 0 bridgehead atoms. The molecule has 0 aliphatic heterocycles. The van der Waals surface area contributed by atoms with E-state index in [1.807, 2.05) is 0 Å². The van der Waals surface area contributed by atoms with E-state index in [2.05, 4.69) is 143 Å². The van der Waals surface area contributed by atoms with Crippen molar-refractivity contribution < 1.29 is 21.1 Å². The average Bonchev–Trinajstić information content (AvgIpc) is 3.72. The van der Waals surface area contributed by atoms with Gasteiger partial charge in [0.1, 0.15) is 0 Å². The van der Waals surface area contributed by atoms with Crippen LogP contribution in [-0.2, 0) is 33.9 Å². The van der Waals surface area contributed by atoms with Crippen LogP contribution in [0.1, 0.15) is 11.4 Å². The molecule has 4 heterocycles. The van der Waals surface area contributed by atoms with E-state index in [9.17, 15) is 0 Å². The topological polar surface area (TPSA) is 34.6 Å². The minimum absolute atomic E-state index is 0. The third kappa shape index (κ3) is 3.82. The molecule has 0 saturated heterocycles. The summed E-state index contributed by atoms with van der Waals surface area (Å²) in [6.45, 7) is 0. The Hall–Kier alpha value is -5.05. The maximum absolute atomic E-state index is 5.19. The Bertz CT molecular complexity index is 2600. The van der Waals surface area contributed by atoms with Crippen LogP contribution < -0.4 is 0 Å². The number of imidazole rings is 2. The van der Waals surface area contributed by atoms with Crippen LogP contribution in [0.5, 0.6) is 0 Å². The van der Waals surface area contributed by atoms with Gasteiger partial charge in [0.15, 0.2) is 0 Å². The molecule has 4 nitrogen and oxygen atoms in total. The second kappa shape index (κ2) is 9.99. The SMILES string of the molecule is [Pt+2].[c-]1cc2ccccc2c2c1c1nc(CCc3cn4c5ccccc5c5c([c-]cc6ccccc65)c4n3)cn1c1ccccc21. The number of pyridine rings is 2. The summed E-state index contributed by atoms with van der Waals surface area (Å²) in [6, 6.07) is 45.7. The summed E-state index contributed by atoms with van der Waals surface area (Å²) in [4.78, 5) is 10.4. The summed E-state index contributed by atoms with van der Waals surface area (Å²) < 4.78 is 4.48. The maximum Gasteiger partial charge on any atom is 2.00 e. The second-order valence-corrected chi connectivity index (χ2v) is 11.6. The molecule has 4 aromatic heterocycles. The van der Waals surface area contributed by atoms with Gasteiger partial charge in [0.2, 0.25) is 0 Å². The first-order chi connectivity index (χ1) is 21.8. The van der Waals surface area contributed by atoms with Crippen molar-refractivity contribution in [2.24, 2.45) is 0 Å². The summed E-state index contributed by atoms with van der Waals surface area (Å²) in [5.41, 5.74) is 6.32. The zero-order valence-corrected chi connectivity index (χ0v) is 26.3. The van der Waals surface area contributed by atoms with Crippen LogP contribution in [-0.4, -0.2) is 18.8 Å². The minimum atomic E-state index is 0. The third-order valence-electron chi connectivity index (χ3n) is 9.17. The smallest absolute Gasteiger partial charge is 0.340 e. The molecular weight excluding hydrogens is 732 g/mol. The first kappa shape index (κ1) is 26.4. The predicted molar refractivity (Wildman–Crippen MR) is 180 cm³/mol. The van der Waals surface area contributed by atoms with Crippen molar-refractivity contribution in [3.63, 3.8) is 0 Å². The number of hydrogen-bond acceptors (Lipinski definition) is 2. The molecule has 214 valence electrons. The maximum atomic E-state index is 5.19. The van der Waals surface area contributed by atoms with Crippen molar-refractivity contribution in [2.75, 3.05) is 0 Å². The zero-order chi connectivity index (χ0) is 28.8. The van der Waals surface area contributed by atoms with Gasteiger partial charge in [-0.2, -0.15) is 0 Å². The molecule has 5 heteroatoms. The molecule has 0 unspecified atom stereocenters. The van der Waals surface area contributed by atoms with Gasteiger partial charge in [-0.3, -0.25) is 9.97 Å². The van der Waals surface area contributed by atoms with Crippen LogP contribution in [0.2, 0.25) is 0 Å². The van der Waals surface area contributed by atoms with Gasteiger partial charge in [-0.1, -0.05) is 128 Å². The summed E-state index contributed by atoms with van der Waals surface area (Å²) >= 11 is 0. The minimum Gasteiger partial charge on any atom is -0.340 e. The number of aromatic nitrogens is 4. The van der Waals surface area contributed by atoms with Gasteiger partial charge < -0.3 is 8.80 Å². The Morgan fingerprint density at radius 3 is 1.36 bits per heavy atom. The van der Waals surface area contributed by atoms with E-state index in [0.29, 0.717) is 0 Å². The van der Waals surface area contributed by atoms with Gasteiger partial charge in [0, 0.05) is 34.8 Å². The number of para-hydroxylation sites is 2. The van der Waals surface area contributed by atoms with Gasteiger partial charge in [-0.15, -0.1) is 24.3 Å². The first-order valence-corrected chi connectivity index (χ1v) is 15.1. The molecule has 0 aliphatic rings. The molecule has 0 radical (unpaired) electrons. The quantitative estimate of drug-likeness (QED) is 0.133. The van der Waals surface area contributed by atoms with Crippen LogP contribution in [0.3, 0.4) is 0 Å². The van der Waals surface area contributed by atoms with Crippen molar-refractivity contribution in [3.8, 4) is 0 Å². The van der Waals surface area contributed by atoms with E-state index in [1.165, 1.54) is 43.1 Å². The van der Waals surface area contributed by atoms with Gasteiger partial charge in [-0.05, 0) is 35.7 Å². The molecule has 0 amide bonds. The van der Waals surface area contributed by atoms with Crippen LogP contribution in [0.4, 0.5) is 0 Å². The van der Waals surface area contributed by atoms with Crippen LogP contribution in [0.25, 0.3) is 76.2 Å². The van der Waals surface area contributed by atoms with Crippen LogP contribution in [0.15, 0.2) is 122 Å². The van der Waals surface area contributed by atoms with Crippen molar-refractivity contribution in [1.29, 1.82) is 0 Å². The van der Waals surface area contributed by atoms with E-state index in [0.717, 1.165) is 57.3 Å². The number of fused-ring (bicyclic) bond motifs is 16. The van der Waals surface area contributed by atoms with E-state index in [-0.39, 0.29) is 21.1 Å². The Morgan fingerprint density at radius 1 is 0.489 bits per heavy atom. The van der Waals surface area contributed by atoms with Gasteiger partial charge >= 0.3 is 21.1 Å². The zero-order valence-electron chi connectivity index (χ0n) is 24.1. The summed E-state index contributed by atoms with van der Waals surface area (Å²) in [5, 5.41) is 11.8. The van der Waals surface area contributed by atoms with Crippen molar-refractivity contribution in [2.45, 2.75) is 12.8 Å². The monoisotopic (exact) mass is 755 g/mol. The number of aryl methyl sites for hydroxylation is 2. The fourth-order valence-corrected chi connectivity index (χ4v) is 7.19. The number of nitrogens with zero attached hydrogens (tertiary/aromatic N) is 4. The molecule has 0 aliphatic carbocycles. The molecule has 45 heavy (non-hydrogen) atoms. The van der Waals surface area contributed by atoms with Crippen molar-refractivity contribution in [3.05, 3.63) is 145 Å². The molecule has 10 aromatic rings. The predicted octanol–water partition coefficient (Wildman–Crippen LogP) is 9.28. The normalized spacial score (nSPS) is 12.0. The molecule has 6 aromatic carbocycles. The Morgan fingerprint density at radius 2 is 0.889 bits per heavy atom. The average molecular weight is 756 g/mol. The summed E-state index contributed by atoms with van der Waals surface area (Å²) in [5.74, 6) is 0.